The van der Waals surface area contributed by atoms with Crippen LogP contribution in [-0.2, 0) is 14.3 Å². The summed E-state index contributed by atoms with van der Waals surface area (Å²) >= 11 is 1.47. The van der Waals surface area contributed by atoms with Gasteiger partial charge in [0, 0.05) is 18.6 Å². The van der Waals surface area contributed by atoms with Crippen LogP contribution < -0.4 is 0 Å². The van der Waals surface area contributed by atoms with Crippen molar-refractivity contribution >= 4 is 23.5 Å². The molecule has 0 fully saturated rings. The normalized spacial score (nSPS) is 21.2. The molecule has 0 aromatic rings. The van der Waals surface area contributed by atoms with Gasteiger partial charge in [0.15, 0.2) is 0 Å². The summed E-state index contributed by atoms with van der Waals surface area (Å²) in [5.41, 5.74) is 1.57. The van der Waals surface area contributed by atoms with Crippen molar-refractivity contribution in [2.45, 2.75) is 46.5 Å². The van der Waals surface area contributed by atoms with E-state index in [2.05, 4.69) is 31.6 Å². The lowest BCUT2D eigenvalue weighted by molar-refractivity contribution is -0.137. The largest absolute Gasteiger partial charge is 0.468 e. The van der Waals surface area contributed by atoms with Crippen LogP contribution in [0.1, 0.15) is 46.5 Å². The minimum Gasteiger partial charge on any atom is -0.468 e. The van der Waals surface area contributed by atoms with Crippen molar-refractivity contribution in [3.8, 4) is 0 Å². The van der Waals surface area contributed by atoms with E-state index in [0.717, 1.165) is 12.8 Å². The molecule has 1 aliphatic rings. The average molecular weight is 298 g/mol. The highest BCUT2D eigenvalue weighted by Gasteiger charge is 2.33. The molecule has 0 aliphatic heterocycles. The molecule has 0 heterocycles. The Labute approximate surface area is 126 Å². The zero-order valence-corrected chi connectivity index (χ0v) is 13.8. The Morgan fingerprint density at radius 2 is 2.15 bits per heavy atom. The monoisotopic (exact) mass is 298 g/mol. The first kappa shape index (κ1) is 17.3. The van der Waals surface area contributed by atoms with E-state index in [-0.39, 0.29) is 11.4 Å². The molecule has 0 aromatic heterocycles. The minimum absolute atomic E-state index is 0.216. The van der Waals surface area contributed by atoms with Gasteiger partial charge in [0.25, 0.3) is 0 Å². The summed E-state index contributed by atoms with van der Waals surface area (Å²) in [5.74, 6) is 1.47. The summed E-state index contributed by atoms with van der Waals surface area (Å²) in [5, 5.41) is 0. The molecular formula is C16H26O3S. The molecule has 4 heteroatoms. The number of carbonyl (C=O) groups excluding carboxylic acids is 2. The third kappa shape index (κ3) is 5.31. The van der Waals surface area contributed by atoms with E-state index in [9.17, 15) is 9.59 Å². The number of thioether (sulfide) groups is 1. The van der Waals surface area contributed by atoms with Gasteiger partial charge in [-0.05, 0) is 31.1 Å². The number of ether oxygens (including phenoxy) is 1. The summed E-state index contributed by atoms with van der Waals surface area (Å²) in [4.78, 5) is 23.1. The molecule has 1 atom stereocenters. The second kappa shape index (κ2) is 7.87. The number of hydrogen-bond acceptors (Lipinski definition) is 4. The van der Waals surface area contributed by atoms with Crippen molar-refractivity contribution < 1.29 is 14.3 Å². The third-order valence-corrected chi connectivity index (χ3v) is 5.09. The van der Waals surface area contributed by atoms with Crippen molar-refractivity contribution in [3.05, 3.63) is 11.6 Å². The number of Topliss-reactive ketones (excluding diaryl/α,β-unsaturated/α-hetero) is 1. The maximum Gasteiger partial charge on any atom is 0.315 e. The number of carbonyl (C=O) groups is 2. The van der Waals surface area contributed by atoms with Gasteiger partial charge in [-0.25, -0.2) is 0 Å². The quantitative estimate of drug-likeness (QED) is 0.409. The van der Waals surface area contributed by atoms with Crippen LogP contribution in [0.5, 0.6) is 0 Å². The van der Waals surface area contributed by atoms with E-state index in [1.807, 2.05) is 0 Å². The van der Waals surface area contributed by atoms with Crippen molar-refractivity contribution in [2.75, 3.05) is 18.6 Å². The van der Waals surface area contributed by atoms with Crippen molar-refractivity contribution in [1.29, 1.82) is 0 Å². The van der Waals surface area contributed by atoms with E-state index < -0.39 is 0 Å². The molecule has 0 aromatic carbocycles. The Hall–Kier alpha value is -0.770. The van der Waals surface area contributed by atoms with Crippen molar-refractivity contribution in [3.63, 3.8) is 0 Å². The number of allylic oxidation sites excluding steroid dienone is 2. The summed E-state index contributed by atoms with van der Waals surface area (Å²) in [6.07, 6.45) is 5.72. The van der Waals surface area contributed by atoms with Crippen LogP contribution in [0.25, 0.3) is 0 Å². The van der Waals surface area contributed by atoms with Crippen molar-refractivity contribution in [2.24, 2.45) is 11.3 Å². The SMILES string of the molecule is COC(=O)CSCCC(=O)CC1C(C)=CCCC1(C)C. The van der Waals surface area contributed by atoms with Crippen LogP contribution in [0.15, 0.2) is 11.6 Å². The first-order valence-corrected chi connectivity index (χ1v) is 8.35. The van der Waals surface area contributed by atoms with Gasteiger partial charge in [0.1, 0.15) is 5.78 Å². The predicted molar refractivity (Wildman–Crippen MR) is 83.8 cm³/mol. The fraction of sp³-hybridized carbons (Fsp3) is 0.750. The topological polar surface area (TPSA) is 43.4 Å². The van der Waals surface area contributed by atoms with E-state index in [1.165, 1.54) is 24.4 Å². The predicted octanol–water partition coefficient (Wildman–Crippen LogP) is 3.62. The molecule has 0 N–H and O–H groups in total. The van der Waals surface area contributed by atoms with Crippen LogP contribution in [0.3, 0.4) is 0 Å². The fourth-order valence-corrected chi connectivity index (χ4v) is 3.57. The van der Waals surface area contributed by atoms with Gasteiger partial charge in [-0.3, -0.25) is 9.59 Å². The minimum atomic E-state index is -0.227. The molecule has 0 bridgehead atoms. The van der Waals surface area contributed by atoms with Crippen LogP contribution in [0, 0.1) is 11.3 Å². The number of hydrogen-bond donors (Lipinski definition) is 0. The molecule has 0 saturated heterocycles. The van der Waals surface area contributed by atoms with Gasteiger partial charge < -0.3 is 4.74 Å². The van der Waals surface area contributed by atoms with Gasteiger partial charge in [-0.2, -0.15) is 0 Å². The maximum atomic E-state index is 12.1. The maximum absolute atomic E-state index is 12.1. The Kier molecular flexibility index (Phi) is 6.80. The zero-order chi connectivity index (χ0) is 15.2. The lowest BCUT2D eigenvalue weighted by Gasteiger charge is -2.38. The van der Waals surface area contributed by atoms with Gasteiger partial charge in [-0.15, -0.1) is 11.8 Å². The Bertz CT molecular complexity index is 385. The Morgan fingerprint density at radius 1 is 1.45 bits per heavy atom. The summed E-state index contributed by atoms with van der Waals surface area (Å²) in [6, 6.07) is 0. The molecule has 1 aliphatic carbocycles. The standard InChI is InChI=1S/C16H26O3S/c1-12-6-5-8-16(2,3)14(12)10-13(17)7-9-20-11-15(18)19-4/h6,14H,5,7-11H2,1-4H3. The molecular weight excluding hydrogens is 272 g/mol. The van der Waals surface area contributed by atoms with E-state index >= 15 is 0 Å². The molecule has 0 radical (unpaired) electrons. The van der Waals surface area contributed by atoms with E-state index in [1.54, 1.807) is 0 Å². The molecule has 0 spiro atoms. The summed E-state index contributed by atoms with van der Waals surface area (Å²) in [6.45, 7) is 6.66. The zero-order valence-electron chi connectivity index (χ0n) is 13.0. The molecule has 1 unspecified atom stereocenters. The van der Waals surface area contributed by atoms with Crippen LogP contribution >= 0.6 is 11.8 Å². The average Bonchev–Trinajstić information content (AvgIpc) is 2.38. The van der Waals surface area contributed by atoms with Gasteiger partial charge in [0.05, 0.1) is 12.9 Å². The van der Waals surface area contributed by atoms with Gasteiger partial charge >= 0.3 is 5.97 Å². The van der Waals surface area contributed by atoms with Gasteiger partial charge in [-0.1, -0.05) is 25.5 Å². The summed E-state index contributed by atoms with van der Waals surface area (Å²) < 4.78 is 4.57. The lowest BCUT2D eigenvalue weighted by atomic mass is 9.67. The van der Waals surface area contributed by atoms with Crippen LogP contribution in [-0.4, -0.2) is 30.4 Å². The van der Waals surface area contributed by atoms with Crippen molar-refractivity contribution in [1.82, 2.24) is 0 Å². The molecule has 20 heavy (non-hydrogen) atoms. The number of ketones is 1. The highest BCUT2D eigenvalue weighted by atomic mass is 32.2. The fourth-order valence-electron chi connectivity index (χ4n) is 2.77. The second-order valence-corrected chi connectivity index (χ2v) is 7.25. The molecule has 0 saturated carbocycles. The lowest BCUT2D eigenvalue weighted by Crippen LogP contribution is -2.30. The van der Waals surface area contributed by atoms with Crippen LogP contribution in [0.4, 0.5) is 0 Å². The van der Waals surface area contributed by atoms with E-state index in [4.69, 9.17) is 0 Å². The number of methoxy groups -OCH3 is 1. The third-order valence-electron chi connectivity index (χ3n) is 4.15. The first-order chi connectivity index (χ1) is 9.36. The summed E-state index contributed by atoms with van der Waals surface area (Å²) in [7, 11) is 1.38. The highest BCUT2D eigenvalue weighted by molar-refractivity contribution is 7.99. The highest BCUT2D eigenvalue weighted by Crippen LogP contribution is 2.42. The molecule has 1 rings (SSSR count). The van der Waals surface area contributed by atoms with Gasteiger partial charge in [0.2, 0.25) is 0 Å². The Balaban J connectivity index is 2.36. The van der Waals surface area contributed by atoms with E-state index in [0.29, 0.717) is 36.0 Å². The molecule has 0 amide bonds. The number of esters is 1. The van der Waals surface area contributed by atoms with Crippen LogP contribution in [0.2, 0.25) is 0 Å². The molecule has 114 valence electrons. The Morgan fingerprint density at radius 3 is 2.75 bits per heavy atom. The first-order valence-electron chi connectivity index (χ1n) is 7.19. The molecule has 3 nitrogen and oxygen atoms in total. The second-order valence-electron chi connectivity index (χ2n) is 6.15. The number of rotatable bonds is 7. The smallest absolute Gasteiger partial charge is 0.315 e.